The summed E-state index contributed by atoms with van der Waals surface area (Å²) < 4.78 is 67.8. The number of H-pyrrole nitrogens is 1. The zero-order chi connectivity index (χ0) is 22.5. The summed E-state index contributed by atoms with van der Waals surface area (Å²) in [7, 11) is 0. The van der Waals surface area contributed by atoms with E-state index in [-0.39, 0.29) is 22.5 Å². The molecule has 0 spiro atoms. The maximum absolute atomic E-state index is 14.5. The van der Waals surface area contributed by atoms with Crippen LogP contribution >= 0.6 is 0 Å². The van der Waals surface area contributed by atoms with Gasteiger partial charge >= 0.3 is 6.18 Å². The van der Waals surface area contributed by atoms with Gasteiger partial charge in [-0.2, -0.15) is 13.2 Å². The molecule has 0 aliphatic heterocycles. The molecule has 0 fully saturated rings. The second kappa shape index (κ2) is 7.33. The van der Waals surface area contributed by atoms with E-state index < -0.39 is 28.9 Å². The fourth-order valence-electron chi connectivity index (χ4n) is 3.53. The zero-order valence-electron chi connectivity index (χ0n) is 16.4. The topological polar surface area (TPSA) is 50.2 Å². The summed E-state index contributed by atoms with van der Waals surface area (Å²) in [5, 5.41) is 2.90. The van der Waals surface area contributed by atoms with Crippen LogP contribution in [0.2, 0.25) is 0 Å². The number of hydrogen-bond donors (Lipinski definition) is 1. The van der Waals surface area contributed by atoms with Gasteiger partial charge in [0.2, 0.25) is 0 Å². The first-order valence-electron chi connectivity index (χ1n) is 9.39. The summed E-state index contributed by atoms with van der Waals surface area (Å²) in [6.07, 6.45) is -4.09. The SMILES string of the molecule is CCc1[nH]n2c(=O)c(C)c(-c3ccc(C(F)(F)F)cc3)nc2c1-c1ccc(F)cc1F. The second-order valence-electron chi connectivity index (χ2n) is 7.07. The normalized spacial score (nSPS) is 12.0. The number of aromatic nitrogens is 3. The van der Waals surface area contributed by atoms with Crippen molar-refractivity contribution in [1.82, 2.24) is 14.6 Å². The van der Waals surface area contributed by atoms with Crippen LogP contribution in [0.4, 0.5) is 22.0 Å². The largest absolute Gasteiger partial charge is 0.416 e. The van der Waals surface area contributed by atoms with E-state index in [1.807, 2.05) is 0 Å². The molecule has 2 aromatic heterocycles. The Morgan fingerprint density at radius 2 is 1.74 bits per heavy atom. The molecule has 0 radical (unpaired) electrons. The predicted octanol–water partition coefficient (Wildman–Crippen LogP) is 5.52. The van der Waals surface area contributed by atoms with Crippen LogP contribution in [0, 0.1) is 18.6 Å². The van der Waals surface area contributed by atoms with E-state index in [9.17, 15) is 26.7 Å². The molecular formula is C22H16F5N3O. The van der Waals surface area contributed by atoms with Crippen molar-refractivity contribution in [3.05, 3.63) is 81.3 Å². The molecule has 0 saturated heterocycles. The number of hydrogen-bond acceptors (Lipinski definition) is 2. The molecule has 4 rings (SSSR count). The molecule has 0 unspecified atom stereocenters. The lowest BCUT2D eigenvalue weighted by Crippen LogP contribution is -2.19. The maximum Gasteiger partial charge on any atom is 0.416 e. The van der Waals surface area contributed by atoms with E-state index >= 15 is 0 Å². The summed E-state index contributed by atoms with van der Waals surface area (Å²) >= 11 is 0. The van der Waals surface area contributed by atoms with Crippen molar-refractivity contribution in [3.8, 4) is 22.4 Å². The van der Waals surface area contributed by atoms with Crippen molar-refractivity contribution < 1.29 is 22.0 Å². The molecule has 0 bridgehead atoms. The van der Waals surface area contributed by atoms with E-state index in [4.69, 9.17) is 0 Å². The van der Waals surface area contributed by atoms with Crippen LogP contribution in [0.3, 0.4) is 0 Å². The average Bonchev–Trinajstić information content (AvgIpc) is 3.09. The minimum absolute atomic E-state index is 0.0612. The number of halogens is 5. The molecule has 0 aliphatic carbocycles. The summed E-state index contributed by atoms with van der Waals surface area (Å²) in [6.45, 7) is 3.31. The van der Waals surface area contributed by atoms with Crippen molar-refractivity contribution >= 4 is 5.65 Å². The monoisotopic (exact) mass is 433 g/mol. The van der Waals surface area contributed by atoms with Crippen LogP contribution in [-0.2, 0) is 12.6 Å². The number of fused-ring (bicyclic) bond motifs is 1. The lowest BCUT2D eigenvalue weighted by molar-refractivity contribution is -0.137. The third-order valence-electron chi connectivity index (χ3n) is 5.12. The van der Waals surface area contributed by atoms with Crippen LogP contribution in [0.15, 0.2) is 47.3 Å². The van der Waals surface area contributed by atoms with Gasteiger partial charge in [0.25, 0.3) is 5.56 Å². The number of aromatic amines is 1. The van der Waals surface area contributed by atoms with Gasteiger partial charge in [0.05, 0.1) is 16.8 Å². The van der Waals surface area contributed by atoms with Crippen molar-refractivity contribution in [2.24, 2.45) is 0 Å². The molecule has 2 heterocycles. The van der Waals surface area contributed by atoms with Gasteiger partial charge in [0, 0.05) is 28.5 Å². The number of benzene rings is 2. The molecule has 0 aliphatic rings. The van der Waals surface area contributed by atoms with Gasteiger partial charge < -0.3 is 0 Å². The Kier molecular flexibility index (Phi) is 4.91. The quantitative estimate of drug-likeness (QED) is 0.433. The van der Waals surface area contributed by atoms with E-state index in [1.165, 1.54) is 29.6 Å². The summed E-state index contributed by atoms with van der Waals surface area (Å²) in [5.41, 5.74) is 0.397. The van der Waals surface area contributed by atoms with Gasteiger partial charge in [-0.1, -0.05) is 19.1 Å². The molecule has 0 atom stereocenters. The Bertz CT molecular complexity index is 1350. The van der Waals surface area contributed by atoms with Gasteiger partial charge in [-0.3, -0.25) is 9.89 Å². The van der Waals surface area contributed by atoms with Gasteiger partial charge in [-0.05, 0) is 37.6 Å². The molecule has 31 heavy (non-hydrogen) atoms. The van der Waals surface area contributed by atoms with Gasteiger partial charge in [0.15, 0.2) is 5.65 Å². The predicted molar refractivity (Wildman–Crippen MR) is 106 cm³/mol. The van der Waals surface area contributed by atoms with Gasteiger partial charge in [-0.25, -0.2) is 18.3 Å². The number of aryl methyl sites for hydroxylation is 1. The zero-order valence-corrected chi connectivity index (χ0v) is 16.4. The second-order valence-corrected chi connectivity index (χ2v) is 7.07. The van der Waals surface area contributed by atoms with Crippen molar-refractivity contribution in [2.45, 2.75) is 26.4 Å². The van der Waals surface area contributed by atoms with Crippen LogP contribution in [0.25, 0.3) is 28.0 Å². The van der Waals surface area contributed by atoms with Crippen molar-refractivity contribution in [1.29, 1.82) is 0 Å². The smallest absolute Gasteiger partial charge is 0.293 e. The number of nitrogens with one attached hydrogen (secondary N) is 1. The highest BCUT2D eigenvalue weighted by Gasteiger charge is 2.30. The van der Waals surface area contributed by atoms with E-state index in [1.54, 1.807) is 6.92 Å². The average molecular weight is 433 g/mol. The van der Waals surface area contributed by atoms with E-state index in [0.717, 1.165) is 24.3 Å². The van der Waals surface area contributed by atoms with Crippen LogP contribution in [-0.4, -0.2) is 14.6 Å². The highest BCUT2D eigenvalue weighted by atomic mass is 19.4. The fourth-order valence-corrected chi connectivity index (χ4v) is 3.53. The third-order valence-corrected chi connectivity index (χ3v) is 5.12. The molecule has 0 saturated carbocycles. The van der Waals surface area contributed by atoms with Crippen LogP contribution in [0.5, 0.6) is 0 Å². The molecule has 4 nitrogen and oxygen atoms in total. The van der Waals surface area contributed by atoms with Crippen molar-refractivity contribution in [3.63, 3.8) is 0 Å². The molecule has 2 aromatic carbocycles. The fraction of sp³-hybridized carbons (Fsp3) is 0.182. The Balaban J connectivity index is 1.99. The first-order valence-corrected chi connectivity index (χ1v) is 9.39. The first-order chi connectivity index (χ1) is 14.6. The molecule has 9 heteroatoms. The lowest BCUT2D eigenvalue weighted by atomic mass is 10.0. The summed E-state index contributed by atoms with van der Waals surface area (Å²) in [4.78, 5) is 17.5. The highest BCUT2D eigenvalue weighted by Crippen LogP contribution is 2.33. The molecule has 1 N–H and O–H groups in total. The Labute approximate surface area is 173 Å². The Hall–Kier alpha value is -3.49. The van der Waals surface area contributed by atoms with E-state index in [0.29, 0.717) is 23.2 Å². The summed E-state index contributed by atoms with van der Waals surface area (Å²) in [6, 6.07) is 7.39. The molecule has 0 amide bonds. The van der Waals surface area contributed by atoms with Crippen LogP contribution < -0.4 is 5.56 Å². The highest BCUT2D eigenvalue weighted by molar-refractivity contribution is 5.82. The minimum atomic E-state index is -4.49. The number of nitrogens with zero attached hydrogens (tertiary/aromatic N) is 2. The Morgan fingerprint density at radius 3 is 2.32 bits per heavy atom. The van der Waals surface area contributed by atoms with Gasteiger partial charge in [-0.15, -0.1) is 0 Å². The maximum atomic E-state index is 14.5. The standard InChI is InChI=1S/C22H16F5N3O/c1-3-17-18(15-9-8-14(23)10-16(15)24)20-28-19(11(2)21(31)30(20)29-17)12-4-6-13(7-5-12)22(25,26)27/h4-10,29H,3H2,1-2H3. The van der Waals surface area contributed by atoms with E-state index in [2.05, 4.69) is 10.1 Å². The number of alkyl halides is 3. The number of rotatable bonds is 3. The van der Waals surface area contributed by atoms with Crippen molar-refractivity contribution in [2.75, 3.05) is 0 Å². The summed E-state index contributed by atoms with van der Waals surface area (Å²) in [5.74, 6) is -1.56. The minimum Gasteiger partial charge on any atom is -0.293 e. The molecule has 4 aromatic rings. The van der Waals surface area contributed by atoms with Crippen LogP contribution in [0.1, 0.15) is 23.7 Å². The third kappa shape index (κ3) is 3.49. The Morgan fingerprint density at radius 1 is 1.06 bits per heavy atom. The molecular weight excluding hydrogens is 417 g/mol. The first kappa shape index (κ1) is 20.8. The van der Waals surface area contributed by atoms with Gasteiger partial charge in [0.1, 0.15) is 11.6 Å². The molecule has 160 valence electrons. The lowest BCUT2D eigenvalue weighted by Gasteiger charge is -2.10.